The number of carbonyl (C=O) groups is 2. The predicted molar refractivity (Wildman–Crippen MR) is 101 cm³/mol. The number of nitrogens with one attached hydrogen (secondary N) is 2. The van der Waals surface area contributed by atoms with E-state index in [-0.39, 0.29) is 24.2 Å². The minimum absolute atomic E-state index is 0.0162. The number of nitrogens with zero attached hydrogens (tertiary/aromatic N) is 2. The highest BCUT2D eigenvalue weighted by molar-refractivity contribution is 5.96. The molecule has 0 saturated carbocycles. The molecule has 1 aliphatic heterocycles. The van der Waals surface area contributed by atoms with E-state index in [2.05, 4.69) is 40.6 Å². The molecule has 7 nitrogen and oxygen atoms in total. The van der Waals surface area contributed by atoms with Crippen molar-refractivity contribution in [2.75, 3.05) is 18.4 Å². The summed E-state index contributed by atoms with van der Waals surface area (Å²) in [5.41, 5.74) is 3.50. The molecule has 1 aromatic carbocycles. The molecule has 2 amide bonds. The van der Waals surface area contributed by atoms with Gasteiger partial charge in [-0.1, -0.05) is 16.8 Å². The molecule has 2 aromatic heterocycles. The number of likely N-dealkylation sites (tertiary alicyclic amines) is 1. The Balaban J connectivity index is 1.37. The summed E-state index contributed by atoms with van der Waals surface area (Å²) in [5, 5.41) is 7.67. The quantitative estimate of drug-likeness (QED) is 0.726. The van der Waals surface area contributed by atoms with E-state index in [0.29, 0.717) is 24.7 Å². The van der Waals surface area contributed by atoms with Gasteiger partial charge >= 0.3 is 0 Å². The lowest BCUT2D eigenvalue weighted by Gasteiger charge is -2.16. The van der Waals surface area contributed by atoms with Crippen LogP contribution in [0.1, 0.15) is 23.3 Å². The minimum atomic E-state index is -0.361. The smallest absolute Gasteiger partial charge is 0.231 e. The first kappa shape index (κ1) is 17.3. The van der Waals surface area contributed by atoms with Gasteiger partial charge in [0.25, 0.3) is 0 Å². The van der Waals surface area contributed by atoms with Crippen LogP contribution in [-0.4, -0.2) is 39.9 Å². The second-order valence-electron chi connectivity index (χ2n) is 7.17. The van der Waals surface area contributed by atoms with Crippen molar-refractivity contribution in [3.8, 4) is 0 Å². The van der Waals surface area contributed by atoms with Crippen LogP contribution in [0.4, 0.5) is 5.82 Å². The van der Waals surface area contributed by atoms with Crippen molar-refractivity contribution >= 4 is 28.5 Å². The van der Waals surface area contributed by atoms with Gasteiger partial charge in [0.1, 0.15) is 5.76 Å². The van der Waals surface area contributed by atoms with Crippen LogP contribution in [0.2, 0.25) is 0 Å². The van der Waals surface area contributed by atoms with Gasteiger partial charge in [-0.05, 0) is 38.0 Å². The number of aromatic nitrogens is 2. The van der Waals surface area contributed by atoms with Crippen LogP contribution in [0.15, 0.2) is 35.0 Å². The van der Waals surface area contributed by atoms with Crippen molar-refractivity contribution in [1.29, 1.82) is 0 Å². The average Bonchev–Trinajstić information content (AvgIpc) is 3.32. The number of carbonyl (C=O) groups excluding carboxylic acids is 2. The third kappa shape index (κ3) is 3.58. The summed E-state index contributed by atoms with van der Waals surface area (Å²) in [5.74, 6) is 0.477. The van der Waals surface area contributed by atoms with E-state index in [1.165, 1.54) is 16.5 Å². The fourth-order valence-electron chi connectivity index (χ4n) is 3.57. The molecule has 7 heteroatoms. The molecule has 140 valence electrons. The van der Waals surface area contributed by atoms with Crippen molar-refractivity contribution in [1.82, 2.24) is 15.0 Å². The number of fused-ring (bicyclic) bond motifs is 1. The molecule has 0 unspecified atom stereocenters. The summed E-state index contributed by atoms with van der Waals surface area (Å²) in [6, 6.07) is 7.96. The number of H-pyrrole nitrogens is 1. The molecule has 1 atom stereocenters. The third-order valence-electron chi connectivity index (χ3n) is 5.04. The minimum Gasteiger partial charge on any atom is -0.361 e. The van der Waals surface area contributed by atoms with Gasteiger partial charge in [0.15, 0.2) is 5.82 Å². The maximum Gasteiger partial charge on any atom is 0.231 e. The number of rotatable bonds is 5. The van der Waals surface area contributed by atoms with Gasteiger partial charge in [-0.15, -0.1) is 0 Å². The Morgan fingerprint density at radius 2 is 2.22 bits per heavy atom. The summed E-state index contributed by atoms with van der Waals surface area (Å²) < 4.78 is 4.95. The molecule has 4 rings (SSSR count). The monoisotopic (exact) mass is 366 g/mol. The Morgan fingerprint density at radius 1 is 1.37 bits per heavy atom. The highest BCUT2D eigenvalue weighted by atomic mass is 16.5. The molecule has 1 saturated heterocycles. The van der Waals surface area contributed by atoms with Crippen molar-refractivity contribution in [3.05, 3.63) is 47.3 Å². The maximum absolute atomic E-state index is 12.4. The standard InChI is InChI=1S/C20H22N4O3/c1-12-3-4-17-16(7-12)14(10-21-17)5-6-24-11-15(9-19(24)25)20(26)22-18-8-13(2)27-23-18/h3-4,7-8,10,15,21H,5-6,9,11H2,1-2H3,(H,22,23,26)/t15-/m0/s1. The number of anilines is 1. The van der Waals surface area contributed by atoms with Gasteiger partial charge in [0.05, 0.1) is 5.92 Å². The molecular weight excluding hydrogens is 344 g/mol. The first-order valence-corrected chi connectivity index (χ1v) is 9.08. The van der Waals surface area contributed by atoms with E-state index < -0.39 is 0 Å². The summed E-state index contributed by atoms with van der Waals surface area (Å²) in [4.78, 5) is 29.8. The predicted octanol–water partition coefficient (Wildman–Crippen LogP) is 2.80. The first-order chi connectivity index (χ1) is 13.0. The highest BCUT2D eigenvalue weighted by Crippen LogP contribution is 2.23. The van der Waals surface area contributed by atoms with E-state index in [1.54, 1.807) is 17.9 Å². The van der Waals surface area contributed by atoms with Gasteiger partial charge in [-0.2, -0.15) is 0 Å². The highest BCUT2D eigenvalue weighted by Gasteiger charge is 2.34. The Kier molecular flexibility index (Phi) is 4.43. The van der Waals surface area contributed by atoms with Crippen LogP contribution < -0.4 is 5.32 Å². The fraction of sp³-hybridized carbons (Fsp3) is 0.350. The van der Waals surface area contributed by atoms with Crippen LogP contribution in [-0.2, 0) is 16.0 Å². The van der Waals surface area contributed by atoms with E-state index in [9.17, 15) is 9.59 Å². The van der Waals surface area contributed by atoms with Gasteiger partial charge in [0.2, 0.25) is 11.8 Å². The second kappa shape index (κ2) is 6.90. The number of benzene rings is 1. The van der Waals surface area contributed by atoms with Crippen molar-refractivity contribution in [3.63, 3.8) is 0 Å². The molecule has 2 N–H and O–H groups in total. The number of hydrogen-bond acceptors (Lipinski definition) is 4. The number of aromatic amines is 1. The Morgan fingerprint density at radius 3 is 3.00 bits per heavy atom. The molecule has 0 bridgehead atoms. The largest absolute Gasteiger partial charge is 0.361 e. The van der Waals surface area contributed by atoms with Crippen molar-refractivity contribution < 1.29 is 14.1 Å². The van der Waals surface area contributed by atoms with Gasteiger partial charge < -0.3 is 19.7 Å². The van der Waals surface area contributed by atoms with E-state index in [0.717, 1.165) is 11.9 Å². The van der Waals surface area contributed by atoms with Gasteiger partial charge in [-0.3, -0.25) is 9.59 Å². The molecule has 3 aromatic rings. The Bertz CT molecular complexity index is 1000. The molecule has 0 radical (unpaired) electrons. The third-order valence-corrected chi connectivity index (χ3v) is 5.04. The lowest BCUT2D eigenvalue weighted by atomic mass is 10.1. The zero-order valence-electron chi connectivity index (χ0n) is 15.4. The van der Waals surface area contributed by atoms with Gasteiger partial charge in [-0.25, -0.2) is 0 Å². The van der Waals surface area contributed by atoms with Crippen molar-refractivity contribution in [2.24, 2.45) is 5.92 Å². The molecule has 3 heterocycles. The maximum atomic E-state index is 12.4. The number of hydrogen-bond donors (Lipinski definition) is 2. The fourth-order valence-corrected chi connectivity index (χ4v) is 3.57. The van der Waals surface area contributed by atoms with Crippen LogP contribution in [0, 0.1) is 19.8 Å². The Hall–Kier alpha value is -3.09. The topological polar surface area (TPSA) is 91.2 Å². The second-order valence-corrected chi connectivity index (χ2v) is 7.17. The van der Waals surface area contributed by atoms with E-state index in [4.69, 9.17) is 4.52 Å². The lowest BCUT2D eigenvalue weighted by Crippen LogP contribution is -2.30. The van der Waals surface area contributed by atoms with Crippen LogP contribution in [0.5, 0.6) is 0 Å². The van der Waals surface area contributed by atoms with Crippen LogP contribution >= 0.6 is 0 Å². The molecule has 1 fully saturated rings. The van der Waals surface area contributed by atoms with E-state index >= 15 is 0 Å². The van der Waals surface area contributed by atoms with Crippen LogP contribution in [0.25, 0.3) is 10.9 Å². The molecule has 27 heavy (non-hydrogen) atoms. The molecular formula is C20H22N4O3. The zero-order chi connectivity index (χ0) is 19.0. The van der Waals surface area contributed by atoms with E-state index in [1.807, 2.05) is 6.20 Å². The number of aryl methyl sites for hydroxylation is 2. The summed E-state index contributed by atoms with van der Waals surface area (Å²) >= 11 is 0. The Labute approximate surface area is 156 Å². The first-order valence-electron chi connectivity index (χ1n) is 9.08. The normalized spacial score (nSPS) is 17.0. The SMILES string of the molecule is Cc1ccc2[nH]cc(CCN3C[C@@H](C(=O)Nc4cc(C)on4)CC3=O)c2c1. The summed E-state index contributed by atoms with van der Waals surface area (Å²) in [6.45, 7) is 4.87. The zero-order valence-corrected chi connectivity index (χ0v) is 15.4. The summed E-state index contributed by atoms with van der Waals surface area (Å²) in [7, 11) is 0. The molecule has 1 aliphatic rings. The van der Waals surface area contributed by atoms with Gasteiger partial charge in [0, 0.05) is 42.7 Å². The summed E-state index contributed by atoms with van der Waals surface area (Å²) in [6.07, 6.45) is 2.99. The molecule has 0 spiro atoms. The molecule has 0 aliphatic carbocycles. The van der Waals surface area contributed by atoms with Crippen LogP contribution in [0.3, 0.4) is 0 Å². The van der Waals surface area contributed by atoms with Crippen molar-refractivity contribution in [2.45, 2.75) is 26.7 Å². The lowest BCUT2D eigenvalue weighted by molar-refractivity contribution is -0.128. The average molecular weight is 366 g/mol. The number of amides is 2.